The van der Waals surface area contributed by atoms with Gasteiger partial charge in [0.25, 0.3) is 5.69 Å². The van der Waals surface area contributed by atoms with Gasteiger partial charge in [0.1, 0.15) is 0 Å². The SMILES string of the molecule is Cc1cc(NCc2ccccc2[N+](=O)[O-])cc(C)c1Br. The minimum atomic E-state index is -0.352. The van der Waals surface area contributed by atoms with Crippen LogP contribution in [0.15, 0.2) is 40.9 Å². The summed E-state index contributed by atoms with van der Waals surface area (Å²) in [5, 5.41) is 14.2. The average Bonchev–Trinajstić information content (AvgIpc) is 2.42. The molecule has 0 aromatic heterocycles. The first-order chi connectivity index (χ1) is 9.49. The lowest BCUT2D eigenvalue weighted by Gasteiger charge is -2.11. The first-order valence-electron chi connectivity index (χ1n) is 6.22. The first-order valence-corrected chi connectivity index (χ1v) is 7.01. The number of halogens is 1. The normalized spacial score (nSPS) is 10.3. The highest BCUT2D eigenvalue weighted by atomic mass is 79.9. The van der Waals surface area contributed by atoms with Crippen LogP contribution in [0.5, 0.6) is 0 Å². The van der Waals surface area contributed by atoms with Crippen LogP contribution < -0.4 is 5.32 Å². The second-order valence-corrected chi connectivity index (χ2v) is 5.46. The van der Waals surface area contributed by atoms with Crippen molar-refractivity contribution < 1.29 is 4.92 Å². The molecule has 0 bridgehead atoms. The first kappa shape index (κ1) is 14.5. The molecule has 0 aliphatic rings. The zero-order valence-electron chi connectivity index (χ0n) is 11.3. The van der Waals surface area contributed by atoms with Crippen molar-refractivity contribution in [3.05, 3.63) is 67.7 Å². The largest absolute Gasteiger partial charge is 0.381 e. The molecule has 0 heterocycles. The van der Waals surface area contributed by atoms with Gasteiger partial charge in [-0.3, -0.25) is 10.1 Å². The molecule has 0 saturated carbocycles. The van der Waals surface area contributed by atoms with Gasteiger partial charge in [-0.25, -0.2) is 0 Å². The summed E-state index contributed by atoms with van der Waals surface area (Å²) in [6.07, 6.45) is 0. The number of nitro benzene ring substituents is 1. The van der Waals surface area contributed by atoms with Gasteiger partial charge in [-0.2, -0.15) is 0 Å². The van der Waals surface area contributed by atoms with E-state index in [0.717, 1.165) is 21.3 Å². The third kappa shape index (κ3) is 3.17. The second kappa shape index (κ2) is 6.05. The maximum absolute atomic E-state index is 11.0. The van der Waals surface area contributed by atoms with Gasteiger partial charge in [-0.15, -0.1) is 0 Å². The predicted octanol–water partition coefficient (Wildman–Crippen LogP) is 4.59. The van der Waals surface area contributed by atoms with E-state index in [2.05, 4.69) is 21.2 Å². The Morgan fingerprint density at radius 1 is 1.20 bits per heavy atom. The quantitative estimate of drug-likeness (QED) is 0.657. The van der Waals surface area contributed by atoms with Gasteiger partial charge in [0.2, 0.25) is 0 Å². The number of aryl methyl sites for hydroxylation is 2. The van der Waals surface area contributed by atoms with Crippen molar-refractivity contribution in [2.24, 2.45) is 0 Å². The Morgan fingerprint density at radius 2 is 1.80 bits per heavy atom. The van der Waals surface area contributed by atoms with Gasteiger partial charge in [0.05, 0.1) is 4.92 Å². The number of nitrogens with one attached hydrogen (secondary N) is 1. The maximum atomic E-state index is 11.0. The minimum absolute atomic E-state index is 0.144. The Kier molecular flexibility index (Phi) is 4.39. The Labute approximate surface area is 126 Å². The van der Waals surface area contributed by atoms with E-state index in [-0.39, 0.29) is 10.6 Å². The fourth-order valence-electron chi connectivity index (χ4n) is 2.08. The highest BCUT2D eigenvalue weighted by Crippen LogP contribution is 2.26. The number of para-hydroxylation sites is 1. The van der Waals surface area contributed by atoms with Gasteiger partial charge in [-0.1, -0.05) is 34.1 Å². The molecule has 0 aliphatic carbocycles. The number of hydrogen-bond donors (Lipinski definition) is 1. The maximum Gasteiger partial charge on any atom is 0.274 e. The lowest BCUT2D eigenvalue weighted by atomic mass is 10.1. The monoisotopic (exact) mass is 334 g/mol. The molecular formula is C15H15BrN2O2. The summed E-state index contributed by atoms with van der Waals surface area (Å²) in [5.74, 6) is 0. The second-order valence-electron chi connectivity index (χ2n) is 4.66. The molecule has 0 radical (unpaired) electrons. The van der Waals surface area contributed by atoms with E-state index < -0.39 is 0 Å². The fraction of sp³-hybridized carbons (Fsp3) is 0.200. The highest BCUT2D eigenvalue weighted by Gasteiger charge is 2.12. The van der Waals surface area contributed by atoms with Gasteiger partial charge in [0, 0.05) is 28.3 Å². The van der Waals surface area contributed by atoms with Crippen molar-refractivity contribution in [2.75, 3.05) is 5.32 Å². The minimum Gasteiger partial charge on any atom is -0.381 e. The molecule has 0 unspecified atom stereocenters. The summed E-state index contributed by atoms with van der Waals surface area (Å²) in [5.41, 5.74) is 4.05. The zero-order valence-corrected chi connectivity index (χ0v) is 12.9. The molecule has 5 heteroatoms. The predicted molar refractivity (Wildman–Crippen MR) is 84.0 cm³/mol. The Hall–Kier alpha value is -1.88. The number of benzene rings is 2. The van der Waals surface area contributed by atoms with Gasteiger partial charge >= 0.3 is 0 Å². The molecule has 0 fully saturated rings. The molecule has 2 aromatic carbocycles. The lowest BCUT2D eigenvalue weighted by molar-refractivity contribution is -0.385. The van der Waals surface area contributed by atoms with Crippen LogP contribution in [0.4, 0.5) is 11.4 Å². The van der Waals surface area contributed by atoms with Crippen molar-refractivity contribution in [3.63, 3.8) is 0 Å². The van der Waals surface area contributed by atoms with E-state index in [4.69, 9.17) is 0 Å². The third-order valence-corrected chi connectivity index (χ3v) is 4.36. The fourth-order valence-corrected chi connectivity index (χ4v) is 2.31. The third-order valence-electron chi connectivity index (χ3n) is 3.11. The van der Waals surface area contributed by atoms with Crippen molar-refractivity contribution in [2.45, 2.75) is 20.4 Å². The lowest BCUT2D eigenvalue weighted by Crippen LogP contribution is -2.03. The zero-order chi connectivity index (χ0) is 14.7. The molecule has 2 rings (SSSR count). The smallest absolute Gasteiger partial charge is 0.274 e. The molecule has 1 N–H and O–H groups in total. The summed E-state index contributed by atoms with van der Waals surface area (Å²) in [6.45, 7) is 4.47. The molecule has 0 saturated heterocycles. The molecule has 0 atom stereocenters. The van der Waals surface area contributed by atoms with Crippen LogP contribution in [0, 0.1) is 24.0 Å². The van der Waals surface area contributed by atoms with Crippen molar-refractivity contribution in [3.8, 4) is 0 Å². The van der Waals surface area contributed by atoms with Crippen molar-refractivity contribution >= 4 is 27.3 Å². The Morgan fingerprint density at radius 3 is 2.40 bits per heavy atom. The highest BCUT2D eigenvalue weighted by molar-refractivity contribution is 9.10. The summed E-state index contributed by atoms with van der Waals surface area (Å²) in [7, 11) is 0. The van der Waals surface area contributed by atoms with Gasteiger partial charge < -0.3 is 5.32 Å². The van der Waals surface area contributed by atoms with E-state index in [9.17, 15) is 10.1 Å². The molecule has 0 amide bonds. The summed E-state index contributed by atoms with van der Waals surface area (Å²) < 4.78 is 1.09. The Bertz CT molecular complexity index is 633. The summed E-state index contributed by atoms with van der Waals surface area (Å²) >= 11 is 3.52. The van der Waals surface area contributed by atoms with E-state index >= 15 is 0 Å². The summed E-state index contributed by atoms with van der Waals surface area (Å²) in [4.78, 5) is 10.6. The molecule has 0 aliphatic heterocycles. The van der Waals surface area contributed by atoms with Crippen LogP contribution in [0.3, 0.4) is 0 Å². The summed E-state index contributed by atoms with van der Waals surface area (Å²) in [6, 6.07) is 10.8. The van der Waals surface area contributed by atoms with Gasteiger partial charge in [0.15, 0.2) is 0 Å². The van der Waals surface area contributed by atoms with Crippen LogP contribution in [0.1, 0.15) is 16.7 Å². The molecule has 104 valence electrons. The van der Waals surface area contributed by atoms with E-state index in [1.54, 1.807) is 12.1 Å². The number of nitrogens with zero attached hydrogens (tertiary/aromatic N) is 1. The standard InChI is InChI=1S/C15H15BrN2O2/c1-10-7-13(8-11(2)15(10)16)17-9-12-5-3-4-6-14(12)18(19)20/h3-8,17H,9H2,1-2H3. The Balaban J connectivity index is 2.19. The van der Waals surface area contributed by atoms with Crippen LogP contribution in [-0.2, 0) is 6.54 Å². The average molecular weight is 335 g/mol. The molecule has 0 spiro atoms. The number of rotatable bonds is 4. The van der Waals surface area contributed by atoms with Crippen LogP contribution in [-0.4, -0.2) is 4.92 Å². The molecular weight excluding hydrogens is 320 g/mol. The van der Waals surface area contributed by atoms with E-state index in [1.165, 1.54) is 6.07 Å². The number of hydrogen-bond acceptors (Lipinski definition) is 3. The molecule has 4 nitrogen and oxygen atoms in total. The van der Waals surface area contributed by atoms with Crippen LogP contribution in [0.25, 0.3) is 0 Å². The van der Waals surface area contributed by atoms with Crippen LogP contribution >= 0.6 is 15.9 Å². The van der Waals surface area contributed by atoms with E-state index in [0.29, 0.717) is 12.1 Å². The van der Waals surface area contributed by atoms with Crippen LogP contribution in [0.2, 0.25) is 0 Å². The number of anilines is 1. The number of nitro groups is 1. The molecule has 20 heavy (non-hydrogen) atoms. The van der Waals surface area contributed by atoms with Gasteiger partial charge in [-0.05, 0) is 37.1 Å². The van der Waals surface area contributed by atoms with E-state index in [1.807, 2.05) is 32.0 Å². The molecule has 2 aromatic rings. The topological polar surface area (TPSA) is 55.2 Å². The van der Waals surface area contributed by atoms with Crippen molar-refractivity contribution in [1.29, 1.82) is 0 Å². The van der Waals surface area contributed by atoms with Crippen molar-refractivity contribution in [1.82, 2.24) is 0 Å².